The second-order valence-corrected chi connectivity index (χ2v) is 7.86. The molecular formula is C22H37NO9. The second-order valence-electron chi connectivity index (χ2n) is 7.86. The minimum atomic E-state index is -1.11. The van der Waals surface area contributed by atoms with Crippen molar-refractivity contribution in [1.29, 1.82) is 0 Å². The Morgan fingerprint density at radius 2 is 1.41 bits per heavy atom. The number of esters is 3. The van der Waals surface area contributed by atoms with Crippen molar-refractivity contribution in [3.8, 4) is 0 Å². The fraction of sp³-hybridized carbons (Fsp3) is 0.818. The number of carbonyl (C=O) groups excluding carboxylic acids is 4. The summed E-state index contributed by atoms with van der Waals surface area (Å²) in [5, 5.41) is 2.68. The Morgan fingerprint density at radius 1 is 0.812 bits per heavy atom. The van der Waals surface area contributed by atoms with Crippen LogP contribution in [0.15, 0.2) is 0 Å². The van der Waals surface area contributed by atoms with Crippen LogP contribution < -0.4 is 5.32 Å². The van der Waals surface area contributed by atoms with Crippen LogP contribution in [0.3, 0.4) is 0 Å². The third-order valence-corrected chi connectivity index (χ3v) is 4.85. The van der Waals surface area contributed by atoms with E-state index in [1.165, 1.54) is 34.1 Å². The summed E-state index contributed by atoms with van der Waals surface area (Å²) < 4.78 is 27.7. The highest BCUT2D eigenvalue weighted by Crippen LogP contribution is 2.28. The summed E-state index contributed by atoms with van der Waals surface area (Å²) >= 11 is 0. The molecule has 1 rings (SSSR count). The number of hydrogen-bond donors (Lipinski definition) is 1. The molecule has 1 unspecified atom stereocenters. The molecule has 1 aliphatic rings. The van der Waals surface area contributed by atoms with E-state index in [9.17, 15) is 19.2 Å². The van der Waals surface area contributed by atoms with E-state index in [1.807, 2.05) is 0 Å². The Labute approximate surface area is 189 Å². The molecule has 32 heavy (non-hydrogen) atoms. The first kappa shape index (κ1) is 27.8. The summed E-state index contributed by atoms with van der Waals surface area (Å²) in [4.78, 5) is 46.7. The number of amides is 1. The Morgan fingerprint density at radius 3 is 1.97 bits per heavy atom. The van der Waals surface area contributed by atoms with Crippen molar-refractivity contribution in [1.82, 2.24) is 5.32 Å². The van der Waals surface area contributed by atoms with Crippen LogP contribution in [0.2, 0.25) is 0 Å². The summed E-state index contributed by atoms with van der Waals surface area (Å²) in [6, 6.07) is -0.922. The van der Waals surface area contributed by atoms with E-state index in [4.69, 9.17) is 23.7 Å². The molecule has 0 saturated carbocycles. The zero-order valence-corrected chi connectivity index (χ0v) is 19.7. The Bertz CT molecular complexity index is 625. The van der Waals surface area contributed by atoms with Crippen LogP contribution in [-0.4, -0.2) is 67.7 Å². The number of unbranched alkanes of at least 4 members (excludes halogenated alkanes) is 5. The number of rotatable bonds is 13. The van der Waals surface area contributed by atoms with E-state index in [1.54, 1.807) is 0 Å². The fourth-order valence-corrected chi connectivity index (χ4v) is 3.52. The van der Waals surface area contributed by atoms with Crippen LogP contribution in [0.4, 0.5) is 0 Å². The molecule has 0 aromatic heterocycles. The lowest BCUT2D eigenvalue weighted by Crippen LogP contribution is -2.66. The van der Waals surface area contributed by atoms with E-state index >= 15 is 0 Å². The van der Waals surface area contributed by atoms with Crippen LogP contribution in [0.5, 0.6) is 0 Å². The number of hydrogen-bond acceptors (Lipinski definition) is 9. The normalized spacial score (nSPS) is 25.0. The first-order valence-electron chi connectivity index (χ1n) is 11.2. The summed E-state index contributed by atoms with van der Waals surface area (Å²) in [5.74, 6) is -2.22. The predicted octanol–water partition coefficient (Wildman–Crippen LogP) is 2.02. The van der Waals surface area contributed by atoms with E-state index < -0.39 is 54.5 Å². The maximum absolute atomic E-state index is 11.9. The molecule has 1 saturated heterocycles. The van der Waals surface area contributed by atoms with Gasteiger partial charge < -0.3 is 29.0 Å². The van der Waals surface area contributed by atoms with Gasteiger partial charge in [0.05, 0.1) is 0 Å². The average Bonchev–Trinajstić information content (AvgIpc) is 2.68. The van der Waals surface area contributed by atoms with E-state index in [-0.39, 0.29) is 6.61 Å². The summed E-state index contributed by atoms with van der Waals surface area (Å²) in [5.41, 5.74) is 0. The van der Waals surface area contributed by atoms with Crippen molar-refractivity contribution < 1.29 is 42.9 Å². The van der Waals surface area contributed by atoms with Gasteiger partial charge in [0.15, 0.2) is 18.5 Å². The molecule has 5 atom stereocenters. The molecule has 1 fully saturated rings. The predicted molar refractivity (Wildman–Crippen MR) is 113 cm³/mol. The van der Waals surface area contributed by atoms with Crippen LogP contribution in [0.1, 0.15) is 73.1 Å². The van der Waals surface area contributed by atoms with Gasteiger partial charge >= 0.3 is 17.9 Å². The standard InChI is InChI=1S/C22H37NO9/c1-6-7-8-9-10-11-12-28-22-19(23-14(2)24)21(31-17(5)27)20(30-16(4)26)18(32-22)13-29-15(3)25/h18-22H,6-13H2,1-5H3,(H,23,24)/t18-,19-,20-,21-,22?/m1/s1. The van der Waals surface area contributed by atoms with Gasteiger partial charge in [-0.1, -0.05) is 39.0 Å². The Hall–Kier alpha value is -2.20. The zero-order chi connectivity index (χ0) is 24.1. The molecule has 1 amide bonds. The number of carbonyl (C=O) groups is 4. The van der Waals surface area contributed by atoms with Crippen molar-refractivity contribution in [2.45, 2.75) is 104 Å². The topological polar surface area (TPSA) is 126 Å². The van der Waals surface area contributed by atoms with Gasteiger partial charge in [0.1, 0.15) is 18.8 Å². The molecule has 10 nitrogen and oxygen atoms in total. The second kappa shape index (κ2) is 14.8. The lowest BCUT2D eigenvalue weighted by molar-refractivity contribution is -0.277. The molecular weight excluding hydrogens is 422 g/mol. The van der Waals surface area contributed by atoms with E-state index in [0.717, 1.165) is 32.1 Å². The van der Waals surface area contributed by atoms with Crippen molar-refractivity contribution >= 4 is 23.8 Å². The van der Waals surface area contributed by atoms with E-state index in [2.05, 4.69) is 12.2 Å². The molecule has 1 aliphatic heterocycles. The SMILES string of the molecule is CCCCCCCCOC1O[C@H](COC(C)=O)[C@@H](OC(C)=O)[C@H](OC(C)=O)[C@H]1NC(C)=O. The molecule has 0 aliphatic carbocycles. The van der Waals surface area contributed by atoms with Crippen LogP contribution >= 0.6 is 0 Å². The number of ether oxygens (including phenoxy) is 5. The van der Waals surface area contributed by atoms with Gasteiger partial charge in [-0.25, -0.2) is 0 Å². The molecule has 1 N–H and O–H groups in total. The van der Waals surface area contributed by atoms with Gasteiger partial charge in [-0.15, -0.1) is 0 Å². The third-order valence-electron chi connectivity index (χ3n) is 4.85. The van der Waals surface area contributed by atoms with Gasteiger partial charge in [-0.2, -0.15) is 0 Å². The Kier molecular flexibility index (Phi) is 12.9. The number of nitrogens with one attached hydrogen (secondary N) is 1. The quantitative estimate of drug-likeness (QED) is 0.250. The average molecular weight is 460 g/mol. The highest BCUT2D eigenvalue weighted by molar-refractivity contribution is 5.73. The molecule has 0 radical (unpaired) electrons. The van der Waals surface area contributed by atoms with Gasteiger partial charge in [-0.3, -0.25) is 19.2 Å². The van der Waals surface area contributed by atoms with Crippen molar-refractivity contribution in [3.05, 3.63) is 0 Å². The van der Waals surface area contributed by atoms with Gasteiger partial charge in [-0.05, 0) is 6.42 Å². The lowest BCUT2D eigenvalue weighted by Gasteiger charge is -2.44. The van der Waals surface area contributed by atoms with Gasteiger partial charge in [0.2, 0.25) is 5.91 Å². The third kappa shape index (κ3) is 10.4. The summed E-state index contributed by atoms with van der Waals surface area (Å²) in [6.07, 6.45) is 2.23. The maximum Gasteiger partial charge on any atom is 0.303 e. The zero-order valence-electron chi connectivity index (χ0n) is 19.7. The molecule has 0 aromatic rings. The lowest BCUT2D eigenvalue weighted by atomic mass is 9.96. The largest absolute Gasteiger partial charge is 0.463 e. The first-order valence-corrected chi connectivity index (χ1v) is 11.2. The summed E-state index contributed by atoms with van der Waals surface area (Å²) in [6.45, 7) is 7.22. The Balaban J connectivity index is 3.01. The monoisotopic (exact) mass is 459 g/mol. The van der Waals surface area contributed by atoms with Gasteiger partial charge in [0.25, 0.3) is 0 Å². The van der Waals surface area contributed by atoms with Crippen molar-refractivity contribution in [3.63, 3.8) is 0 Å². The minimum Gasteiger partial charge on any atom is -0.463 e. The van der Waals surface area contributed by atoms with Crippen molar-refractivity contribution in [2.75, 3.05) is 13.2 Å². The van der Waals surface area contributed by atoms with Crippen LogP contribution in [0.25, 0.3) is 0 Å². The molecule has 0 aromatic carbocycles. The molecule has 0 bridgehead atoms. The molecule has 1 heterocycles. The maximum atomic E-state index is 11.9. The minimum absolute atomic E-state index is 0.241. The fourth-order valence-electron chi connectivity index (χ4n) is 3.52. The van der Waals surface area contributed by atoms with Crippen LogP contribution in [0, 0.1) is 0 Å². The highest BCUT2D eigenvalue weighted by Gasteiger charge is 2.51. The molecule has 184 valence electrons. The summed E-state index contributed by atoms with van der Waals surface area (Å²) in [7, 11) is 0. The van der Waals surface area contributed by atoms with Crippen molar-refractivity contribution in [2.24, 2.45) is 0 Å². The van der Waals surface area contributed by atoms with Gasteiger partial charge in [0, 0.05) is 34.3 Å². The van der Waals surface area contributed by atoms with E-state index in [0.29, 0.717) is 6.61 Å². The molecule has 10 heteroatoms. The van der Waals surface area contributed by atoms with Crippen LogP contribution in [-0.2, 0) is 42.9 Å². The molecule has 0 spiro atoms. The highest BCUT2D eigenvalue weighted by atomic mass is 16.7. The first-order chi connectivity index (χ1) is 15.1. The smallest absolute Gasteiger partial charge is 0.303 e.